The van der Waals surface area contributed by atoms with Crippen LogP contribution in [-0.2, 0) is 11.8 Å². The van der Waals surface area contributed by atoms with Gasteiger partial charge in [-0.2, -0.15) is 5.10 Å². The molecule has 1 atom stereocenters. The molecule has 0 aliphatic carbocycles. The van der Waals surface area contributed by atoms with Gasteiger partial charge in [-0.3, -0.25) is 4.79 Å². The fraction of sp³-hybridized carbons (Fsp3) is 0.174. The van der Waals surface area contributed by atoms with Crippen molar-refractivity contribution >= 4 is 23.4 Å². The van der Waals surface area contributed by atoms with Gasteiger partial charge < -0.3 is 13.4 Å². The van der Waals surface area contributed by atoms with E-state index in [1.165, 1.54) is 16.8 Å². The third-order valence-electron chi connectivity index (χ3n) is 5.18. The lowest BCUT2D eigenvalue weighted by Gasteiger charge is -2.19. The minimum atomic E-state index is -0.288. The predicted molar refractivity (Wildman–Crippen MR) is 118 cm³/mol. The first-order valence-corrected chi connectivity index (χ1v) is 10.9. The number of imidazole rings is 1. The van der Waals surface area contributed by atoms with Gasteiger partial charge in [-0.25, -0.2) is 9.99 Å². The Morgan fingerprint density at radius 1 is 1.10 bits per heavy atom. The quantitative estimate of drug-likeness (QED) is 0.411. The van der Waals surface area contributed by atoms with Crippen LogP contribution in [0.25, 0.3) is 11.3 Å². The van der Waals surface area contributed by atoms with Gasteiger partial charge in [-0.1, -0.05) is 42.1 Å². The van der Waals surface area contributed by atoms with Crippen LogP contribution in [0.3, 0.4) is 0 Å². The highest BCUT2D eigenvalue weighted by atomic mass is 32.2. The van der Waals surface area contributed by atoms with Gasteiger partial charge in [0, 0.05) is 13.5 Å². The number of hydrogen-bond acceptors (Lipinski definition) is 6. The number of rotatable bonds is 6. The number of nitrogens with zero attached hydrogens (tertiary/aromatic N) is 4. The molecule has 0 radical (unpaired) electrons. The summed E-state index contributed by atoms with van der Waals surface area (Å²) in [6.45, 7) is 0. The van der Waals surface area contributed by atoms with Gasteiger partial charge in [0.15, 0.2) is 5.16 Å². The van der Waals surface area contributed by atoms with Gasteiger partial charge in [-0.05, 0) is 29.8 Å². The van der Waals surface area contributed by atoms with E-state index >= 15 is 0 Å². The summed E-state index contributed by atoms with van der Waals surface area (Å²) in [7, 11) is 1.96. The molecule has 31 heavy (non-hydrogen) atoms. The number of carbonyl (C=O) groups excluding carboxylic acids is 1. The highest BCUT2D eigenvalue weighted by molar-refractivity contribution is 7.99. The topological polar surface area (TPSA) is 76.8 Å². The Balaban J connectivity index is 1.34. The van der Waals surface area contributed by atoms with Crippen molar-refractivity contribution in [2.75, 3.05) is 5.75 Å². The van der Waals surface area contributed by atoms with Crippen molar-refractivity contribution in [3.63, 3.8) is 0 Å². The van der Waals surface area contributed by atoms with E-state index in [1.54, 1.807) is 12.5 Å². The number of thioether (sulfide) groups is 1. The van der Waals surface area contributed by atoms with E-state index in [0.29, 0.717) is 17.9 Å². The molecule has 0 saturated carbocycles. The zero-order valence-corrected chi connectivity index (χ0v) is 17.7. The van der Waals surface area contributed by atoms with Gasteiger partial charge in [0.05, 0.1) is 30.2 Å². The lowest BCUT2D eigenvalue weighted by Crippen LogP contribution is -2.28. The highest BCUT2D eigenvalue weighted by Crippen LogP contribution is 2.34. The Morgan fingerprint density at radius 2 is 1.90 bits per heavy atom. The van der Waals surface area contributed by atoms with Crippen molar-refractivity contribution in [1.82, 2.24) is 14.6 Å². The van der Waals surface area contributed by atoms with Crippen molar-refractivity contribution in [3.8, 4) is 11.3 Å². The Kier molecular flexibility index (Phi) is 5.21. The summed E-state index contributed by atoms with van der Waals surface area (Å²) in [6, 6.07) is 17.1. The fourth-order valence-corrected chi connectivity index (χ4v) is 4.43. The molecule has 0 saturated heterocycles. The number of carbonyl (C=O) groups is 1. The van der Waals surface area contributed by atoms with Gasteiger partial charge in [-0.15, -0.1) is 0 Å². The summed E-state index contributed by atoms with van der Waals surface area (Å²) in [5, 5.41) is 6.84. The molecule has 0 bridgehead atoms. The second-order valence-corrected chi connectivity index (χ2v) is 8.08. The monoisotopic (exact) mass is 432 g/mol. The van der Waals surface area contributed by atoms with E-state index in [0.717, 1.165) is 22.1 Å². The third kappa shape index (κ3) is 3.82. The largest absolute Gasteiger partial charge is 0.467 e. The van der Waals surface area contributed by atoms with Gasteiger partial charge in [0.1, 0.15) is 23.3 Å². The van der Waals surface area contributed by atoms with Crippen molar-refractivity contribution in [2.24, 2.45) is 12.1 Å². The lowest BCUT2D eigenvalue weighted by molar-refractivity contribution is -0.130. The molecule has 3 aromatic heterocycles. The maximum Gasteiger partial charge on any atom is 0.253 e. The molecule has 8 heteroatoms. The average molecular weight is 433 g/mol. The molecule has 156 valence electrons. The van der Waals surface area contributed by atoms with Crippen LogP contribution in [0.4, 0.5) is 0 Å². The molecule has 0 spiro atoms. The summed E-state index contributed by atoms with van der Waals surface area (Å²) in [6.07, 6.45) is 5.58. The summed E-state index contributed by atoms with van der Waals surface area (Å²) in [4.78, 5) is 17.6. The molecule has 1 amide bonds. The average Bonchev–Trinajstić information content (AvgIpc) is 3.59. The number of aromatic nitrogens is 2. The van der Waals surface area contributed by atoms with Crippen molar-refractivity contribution in [1.29, 1.82) is 0 Å². The minimum absolute atomic E-state index is 0.114. The van der Waals surface area contributed by atoms with Crippen molar-refractivity contribution < 1.29 is 13.6 Å². The second kappa shape index (κ2) is 8.31. The molecular weight excluding hydrogens is 412 g/mol. The van der Waals surface area contributed by atoms with E-state index in [9.17, 15) is 4.79 Å². The Morgan fingerprint density at radius 3 is 2.65 bits per heavy atom. The summed E-state index contributed by atoms with van der Waals surface area (Å²) in [5.41, 5.74) is 2.82. The third-order valence-corrected chi connectivity index (χ3v) is 6.21. The molecule has 7 nitrogen and oxygen atoms in total. The number of amides is 1. The van der Waals surface area contributed by atoms with Crippen LogP contribution in [0.15, 0.2) is 92.4 Å². The molecule has 5 rings (SSSR count). The van der Waals surface area contributed by atoms with Gasteiger partial charge >= 0.3 is 0 Å². The van der Waals surface area contributed by atoms with Crippen LogP contribution in [0.5, 0.6) is 0 Å². The summed E-state index contributed by atoms with van der Waals surface area (Å²) in [5.74, 6) is 1.46. The van der Waals surface area contributed by atoms with Crippen molar-refractivity contribution in [3.05, 3.63) is 84.8 Å². The first-order chi connectivity index (χ1) is 15.2. The molecule has 1 aliphatic rings. The van der Waals surface area contributed by atoms with Crippen LogP contribution in [-0.4, -0.2) is 31.9 Å². The molecular formula is C23H20N4O3S. The second-order valence-electron chi connectivity index (χ2n) is 7.14. The summed E-state index contributed by atoms with van der Waals surface area (Å²) < 4.78 is 13.1. The maximum absolute atomic E-state index is 13.1. The lowest BCUT2D eigenvalue weighted by atomic mass is 10.1. The van der Waals surface area contributed by atoms with E-state index in [1.807, 2.05) is 72.4 Å². The fourth-order valence-electron chi connectivity index (χ4n) is 3.63. The number of benzene rings is 1. The smallest absolute Gasteiger partial charge is 0.253 e. The minimum Gasteiger partial charge on any atom is -0.467 e. The number of hydrogen-bond donors (Lipinski definition) is 0. The van der Waals surface area contributed by atoms with Crippen LogP contribution < -0.4 is 0 Å². The number of hydrazone groups is 1. The first kappa shape index (κ1) is 19.4. The van der Waals surface area contributed by atoms with E-state index in [4.69, 9.17) is 8.83 Å². The molecule has 0 fully saturated rings. The molecule has 1 aromatic carbocycles. The number of furan rings is 2. The zero-order valence-electron chi connectivity index (χ0n) is 16.8. The van der Waals surface area contributed by atoms with Crippen LogP contribution in [0.2, 0.25) is 0 Å². The SMILES string of the molecule is Cn1c(-c2ccccc2)cnc1SCC(=O)N1N=C(c2ccco2)CC1c1ccco1. The summed E-state index contributed by atoms with van der Waals surface area (Å²) >= 11 is 1.39. The Hall–Kier alpha value is -3.52. The van der Waals surface area contributed by atoms with E-state index in [2.05, 4.69) is 10.1 Å². The predicted octanol–water partition coefficient (Wildman–Crippen LogP) is 4.74. The zero-order chi connectivity index (χ0) is 21.2. The van der Waals surface area contributed by atoms with Crippen LogP contribution in [0.1, 0.15) is 24.0 Å². The first-order valence-electron chi connectivity index (χ1n) is 9.87. The van der Waals surface area contributed by atoms with E-state index < -0.39 is 0 Å². The van der Waals surface area contributed by atoms with Crippen LogP contribution >= 0.6 is 11.8 Å². The molecule has 1 unspecified atom stereocenters. The van der Waals surface area contributed by atoms with Gasteiger partial charge in [0.25, 0.3) is 5.91 Å². The molecule has 0 N–H and O–H groups in total. The van der Waals surface area contributed by atoms with Crippen molar-refractivity contribution in [2.45, 2.75) is 17.6 Å². The van der Waals surface area contributed by atoms with Crippen LogP contribution in [0, 0.1) is 0 Å². The molecule has 1 aliphatic heterocycles. The van der Waals surface area contributed by atoms with E-state index in [-0.39, 0.29) is 17.7 Å². The van der Waals surface area contributed by atoms with Gasteiger partial charge in [0.2, 0.25) is 0 Å². The standard InChI is InChI=1S/C23H20N4O3S/c1-26-19(16-7-3-2-4-8-16)14-24-23(26)31-15-22(28)27-18(21-10-6-12-30-21)13-17(25-27)20-9-5-11-29-20/h2-12,14,18H,13,15H2,1H3. The Labute approximate surface area is 183 Å². The molecule has 4 aromatic rings. The highest BCUT2D eigenvalue weighted by Gasteiger charge is 2.35. The molecule has 4 heterocycles. The Bertz CT molecular complexity index is 1200. The maximum atomic E-state index is 13.1. The normalized spacial score (nSPS) is 16.0.